The minimum atomic E-state index is -0.523. The van der Waals surface area contributed by atoms with Gasteiger partial charge in [-0.3, -0.25) is 19.7 Å². The Morgan fingerprint density at radius 3 is 2.43 bits per heavy atom. The Balaban J connectivity index is 1.82. The quantitative estimate of drug-likeness (QED) is 0.625. The van der Waals surface area contributed by atoms with E-state index in [-0.39, 0.29) is 23.6 Å². The molecule has 3 amide bonds. The van der Waals surface area contributed by atoms with E-state index in [4.69, 9.17) is 0 Å². The lowest BCUT2D eigenvalue weighted by molar-refractivity contribution is -0.126. The Morgan fingerprint density at radius 2 is 1.71 bits per heavy atom. The zero-order valence-corrected chi connectivity index (χ0v) is 11.6. The molecule has 4 atom stereocenters. The molecule has 1 aromatic rings. The average Bonchev–Trinajstić information content (AvgIpc) is 2.79. The summed E-state index contributed by atoms with van der Waals surface area (Å²) in [4.78, 5) is 36.0. The van der Waals surface area contributed by atoms with E-state index in [1.807, 2.05) is 25.1 Å². The van der Waals surface area contributed by atoms with Crippen molar-refractivity contribution in [1.82, 2.24) is 10.6 Å². The lowest BCUT2D eigenvalue weighted by Crippen LogP contribution is -2.46. The van der Waals surface area contributed by atoms with Crippen LogP contribution in [0.15, 0.2) is 42.5 Å². The van der Waals surface area contributed by atoms with Gasteiger partial charge in [0.05, 0.1) is 17.9 Å². The number of carbonyl (C=O) groups is 3. The SMILES string of the molecule is CC1C=CC(NC(=O)c2ccccc2)C2C(=O)NC(=O)C12. The standard InChI is InChI=1S/C16H16N2O3/c1-9-7-8-11(13-12(9)15(20)18-16(13)21)17-14(19)10-5-3-2-4-6-10/h2-9,11-13H,1H3,(H,17,19)(H,18,20,21). The number of hydrogen-bond donors (Lipinski definition) is 2. The van der Waals surface area contributed by atoms with Gasteiger partial charge in [0.25, 0.3) is 5.91 Å². The number of amides is 3. The van der Waals surface area contributed by atoms with Crippen molar-refractivity contribution < 1.29 is 14.4 Å². The van der Waals surface area contributed by atoms with E-state index >= 15 is 0 Å². The van der Waals surface area contributed by atoms with Crippen molar-refractivity contribution in [2.45, 2.75) is 13.0 Å². The fourth-order valence-corrected chi connectivity index (χ4v) is 3.06. The highest BCUT2D eigenvalue weighted by molar-refractivity contribution is 6.06. The molecule has 0 bridgehead atoms. The summed E-state index contributed by atoms with van der Waals surface area (Å²) < 4.78 is 0. The van der Waals surface area contributed by atoms with Gasteiger partial charge in [-0.25, -0.2) is 0 Å². The largest absolute Gasteiger partial charge is 0.345 e. The van der Waals surface area contributed by atoms with Crippen molar-refractivity contribution in [1.29, 1.82) is 0 Å². The van der Waals surface area contributed by atoms with E-state index in [2.05, 4.69) is 10.6 Å². The molecule has 1 fully saturated rings. The van der Waals surface area contributed by atoms with Gasteiger partial charge in [-0.1, -0.05) is 37.3 Å². The average molecular weight is 284 g/mol. The van der Waals surface area contributed by atoms with Crippen LogP contribution in [0.4, 0.5) is 0 Å². The van der Waals surface area contributed by atoms with Gasteiger partial charge in [0.15, 0.2) is 0 Å². The van der Waals surface area contributed by atoms with E-state index in [0.29, 0.717) is 5.56 Å². The number of hydrogen-bond acceptors (Lipinski definition) is 3. The first kappa shape index (κ1) is 13.5. The van der Waals surface area contributed by atoms with Crippen LogP contribution in [-0.4, -0.2) is 23.8 Å². The number of fused-ring (bicyclic) bond motifs is 1. The van der Waals surface area contributed by atoms with Crippen LogP contribution in [0.25, 0.3) is 0 Å². The molecule has 1 aromatic carbocycles. The van der Waals surface area contributed by atoms with Crippen LogP contribution in [-0.2, 0) is 9.59 Å². The maximum Gasteiger partial charge on any atom is 0.251 e. The summed E-state index contributed by atoms with van der Waals surface area (Å²) in [5.41, 5.74) is 0.533. The van der Waals surface area contributed by atoms with E-state index in [9.17, 15) is 14.4 Å². The summed E-state index contributed by atoms with van der Waals surface area (Å²) in [6.45, 7) is 1.90. The number of imide groups is 1. The number of carbonyl (C=O) groups excluding carboxylic acids is 3. The van der Waals surface area contributed by atoms with Gasteiger partial charge in [0.1, 0.15) is 0 Å². The molecule has 1 saturated heterocycles. The zero-order chi connectivity index (χ0) is 15.0. The monoisotopic (exact) mass is 284 g/mol. The minimum Gasteiger partial charge on any atom is -0.345 e. The van der Waals surface area contributed by atoms with Crippen molar-refractivity contribution in [2.24, 2.45) is 17.8 Å². The van der Waals surface area contributed by atoms with Crippen LogP contribution < -0.4 is 10.6 Å². The molecule has 0 aromatic heterocycles. The van der Waals surface area contributed by atoms with Crippen LogP contribution in [0.1, 0.15) is 17.3 Å². The number of benzene rings is 1. The molecule has 2 N–H and O–H groups in total. The number of nitrogens with one attached hydrogen (secondary N) is 2. The van der Waals surface area contributed by atoms with Gasteiger partial charge in [-0.15, -0.1) is 0 Å². The van der Waals surface area contributed by atoms with Gasteiger partial charge in [0, 0.05) is 5.56 Å². The molecular weight excluding hydrogens is 268 g/mol. The molecule has 1 heterocycles. The van der Waals surface area contributed by atoms with Crippen LogP contribution in [0.3, 0.4) is 0 Å². The van der Waals surface area contributed by atoms with Crippen molar-refractivity contribution in [3.05, 3.63) is 48.0 Å². The molecule has 108 valence electrons. The first-order valence-corrected chi connectivity index (χ1v) is 6.97. The van der Waals surface area contributed by atoms with E-state index in [1.165, 1.54) is 0 Å². The van der Waals surface area contributed by atoms with Gasteiger partial charge in [-0.05, 0) is 18.1 Å². The van der Waals surface area contributed by atoms with Crippen molar-refractivity contribution in [3.8, 4) is 0 Å². The third-order valence-corrected chi connectivity index (χ3v) is 4.15. The second-order valence-corrected chi connectivity index (χ2v) is 5.51. The smallest absolute Gasteiger partial charge is 0.251 e. The molecule has 0 radical (unpaired) electrons. The fourth-order valence-electron chi connectivity index (χ4n) is 3.06. The van der Waals surface area contributed by atoms with Crippen molar-refractivity contribution in [2.75, 3.05) is 0 Å². The fraction of sp³-hybridized carbons (Fsp3) is 0.312. The summed E-state index contributed by atoms with van der Waals surface area (Å²) in [5.74, 6) is -1.73. The Bertz CT molecular complexity index is 624. The molecule has 5 heteroatoms. The maximum absolute atomic E-state index is 12.2. The summed E-state index contributed by atoms with van der Waals surface area (Å²) in [7, 11) is 0. The van der Waals surface area contributed by atoms with Gasteiger partial charge in [-0.2, -0.15) is 0 Å². The summed E-state index contributed by atoms with van der Waals surface area (Å²) >= 11 is 0. The summed E-state index contributed by atoms with van der Waals surface area (Å²) in [6.07, 6.45) is 3.69. The first-order chi connectivity index (χ1) is 10.1. The lowest BCUT2D eigenvalue weighted by atomic mass is 9.75. The highest BCUT2D eigenvalue weighted by Crippen LogP contribution is 2.34. The van der Waals surface area contributed by atoms with Gasteiger partial charge < -0.3 is 5.32 Å². The highest BCUT2D eigenvalue weighted by atomic mass is 16.2. The van der Waals surface area contributed by atoms with Crippen LogP contribution in [0.2, 0.25) is 0 Å². The first-order valence-electron chi connectivity index (χ1n) is 6.97. The molecule has 0 saturated carbocycles. The second-order valence-electron chi connectivity index (χ2n) is 5.51. The maximum atomic E-state index is 12.2. The molecule has 0 spiro atoms. The molecule has 2 aliphatic rings. The summed E-state index contributed by atoms with van der Waals surface area (Å²) in [6, 6.07) is 8.36. The second kappa shape index (κ2) is 5.16. The number of allylic oxidation sites excluding steroid dienone is 1. The molecule has 3 rings (SSSR count). The zero-order valence-electron chi connectivity index (χ0n) is 11.6. The Kier molecular flexibility index (Phi) is 3.33. The topological polar surface area (TPSA) is 75.3 Å². The third kappa shape index (κ3) is 2.35. The van der Waals surface area contributed by atoms with Crippen LogP contribution in [0, 0.1) is 17.8 Å². The Hall–Kier alpha value is -2.43. The lowest BCUT2D eigenvalue weighted by Gasteiger charge is -2.30. The van der Waals surface area contributed by atoms with E-state index in [1.54, 1.807) is 24.3 Å². The predicted octanol–water partition coefficient (Wildman–Crippen LogP) is 0.880. The molecule has 21 heavy (non-hydrogen) atoms. The van der Waals surface area contributed by atoms with Crippen LogP contribution in [0.5, 0.6) is 0 Å². The molecule has 1 aliphatic heterocycles. The Labute approximate surface area is 122 Å². The normalized spacial score (nSPS) is 30.7. The predicted molar refractivity (Wildman–Crippen MR) is 76.1 cm³/mol. The van der Waals surface area contributed by atoms with E-state index in [0.717, 1.165) is 0 Å². The van der Waals surface area contributed by atoms with Gasteiger partial charge >= 0.3 is 0 Å². The molecule has 4 unspecified atom stereocenters. The molecular formula is C16H16N2O3. The number of rotatable bonds is 2. The summed E-state index contributed by atoms with van der Waals surface area (Å²) in [5, 5.41) is 5.20. The molecule has 5 nitrogen and oxygen atoms in total. The molecule has 1 aliphatic carbocycles. The van der Waals surface area contributed by atoms with Crippen molar-refractivity contribution in [3.63, 3.8) is 0 Å². The Morgan fingerprint density at radius 1 is 1.05 bits per heavy atom. The van der Waals surface area contributed by atoms with Crippen LogP contribution >= 0.6 is 0 Å². The van der Waals surface area contributed by atoms with Crippen molar-refractivity contribution >= 4 is 17.7 Å². The third-order valence-electron chi connectivity index (χ3n) is 4.15. The van der Waals surface area contributed by atoms with Gasteiger partial charge in [0.2, 0.25) is 11.8 Å². The highest BCUT2D eigenvalue weighted by Gasteiger charge is 2.49. The minimum absolute atomic E-state index is 0.00803. The van der Waals surface area contributed by atoms with E-state index < -0.39 is 17.9 Å².